The SMILES string of the molecule is COC(=O)NC(C(=O)N1CCCC1c1ncc(-c2ccc(C#CC#Cc3cnc(C4CCCN4C(=O)[C@@H](NC(=O)OC)C(C)C)[nH]3)c(-c3cccc(C(C)(C)C)c3)c2)[nH]1)C(C)C.Cl.Cl. The Morgan fingerprint density at radius 2 is 1.28 bits per heavy atom. The molecule has 14 nitrogen and oxygen atoms in total. The molecule has 2 aliphatic heterocycles. The summed E-state index contributed by atoms with van der Waals surface area (Å²) in [6, 6.07) is 12.6. The van der Waals surface area contributed by atoms with Crippen LogP contribution in [0.15, 0.2) is 54.9 Å². The zero-order chi connectivity index (χ0) is 44.7. The van der Waals surface area contributed by atoms with Crippen LogP contribution in [0, 0.1) is 35.5 Å². The third-order valence-electron chi connectivity index (χ3n) is 11.5. The molecule has 4 heterocycles. The van der Waals surface area contributed by atoms with Crippen molar-refractivity contribution >= 4 is 48.8 Å². The van der Waals surface area contributed by atoms with Crippen LogP contribution >= 0.6 is 24.8 Å². The van der Waals surface area contributed by atoms with Gasteiger partial charge >= 0.3 is 12.2 Å². The predicted molar refractivity (Wildman–Crippen MR) is 251 cm³/mol. The summed E-state index contributed by atoms with van der Waals surface area (Å²) in [5, 5.41) is 5.39. The van der Waals surface area contributed by atoms with Crippen LogP contribution in [0.1, 0.15) is 115 Å². The summed E-state index contributed by atoms with van der Waals surface area (Å²) in [7, 11) is 2.56. The van der Waals surface area contributed by atoms with Gasteiger partial charge in [0.25, 0.3) is 0 Å². The van der Waals surface area contributed by atoms with Gasteiger partial charge in [0, 0.05) is 24.2 Å². The average Bonchev–Trinajstić information content (AvgIpc) is 4.10. The molecule has 0 saturated carbocycles. The Morgan fingerprint density at radius 1 is 0.734 bits per heavy atom. The van der Waals surface area contributed by atoms with Crippen LogP contribution in [0.4, 0.5) is 9.59 Å². The first-order chi connectivity index (χ1) is 29.6. The number of carbonyl (C=O) groups excluding carboxylic acids is 4. The number of aromatic nitrogens is 4. The molecule has 0 aliphatic carbocycles. The Kier molecular flexibility index (Phi) is 17.5. The fourth-order valence-electron chi connectivity index (χ4n) is 8.02. The number of likely N-dealkylation sites (tertiary alicyclic amines) is 2. The molecule has 2 fully saturated rings. The van der Waals surface area contributed by atoms with E-state index < -0.39 is 24.3 Å². The molecular formula is C48H60Cl2N8O6. The van der Waals surface area contributed by atoms with Gasteiger partial charge in [-0.25, -0.2) is 19.6 Å². The fourth-order valence-corrected chi connectivity index (χ4v) is 8.02. The minimum Gasteiger partial charge on any atom is -0.453 e. The Bertz CT molecular complexity index is 2420. The van der Waals surface area contributed by atoms with Crippen LogP contribution in [0.5, 0.6) is 0 Å². The lowest BCUT2D eigenvalue weighted by Crippen LogP contribution is -2.51. The number of hydrogen-bond donors (Lipinski definition) is 4. The summed E-state index contributed by atoms with van der Waals surface area (Å²) in [6.07, 6.45) is 5.27. The lowest BCUT2D eigenvalue weighted by Gasteiger charge is -2.30. The minimum absolute atomic E-state index is 0. The largest absolute Gasteiger partial charge is 0.453 e. The number of H-pyrrole nitrogens is 2. The second-order valence-corrected chi connectivity index (χ2v) is 17.5. The number of ether oxygens (including phenoxy) is 2. The molecule has 2 aromatic heterocycles. The van der Waals surface area contributed by atoms with E-state index in [4.69, 9.17) is 14.5 Å². The molecule has 0 radical (unpaired) electrons. The number of nitrogens with zero attached hydrogens (tertiary/aromatic N) is 4. The van der Waals surface area contributed by atoms with Gasteiger partial charge in [-0.2, -0.15) is 0 Å². The maximum absolute atomic E-state index is 13.7. The lowest BCUT2D eigenvalue weighted by atomic mass is 9.85. The molecular weight excluding hydrogens is 855 g/mol. The normalized spacial score (nSPS) is 16.6. The summed E-state index contributed by atoms with van der Waals surface area (Å²) >= 11 is 0. The molecule has 4 N–H and O–H groups in total. The molecule has 4 atom stereocenters. The highest BCUT2D eigenvalue weighted by atomic mass is 35.5. The van der Waals surface area contributed by atoms with Crippen molar-refractivity contribution in [2.24, 2.45) is 11.8 Å². The number of methoxy groups -OCH3 is 2. The molecule has 2 aromatic carbocycles. The Hall–Kier alpha value is -5.96. The van der Waals surface area contributed by atoms with Gasteiger partial charge in [0.2, 0.25) is 11.8 Å². The number of carbonyl (C=O) groups is 4. The number of halogens is 2. The quantitative estimate of drug-likeness (QED) is 0.116. The Balaban J connectivity index is 0.00000449. The monoisotopic (exact) mass is 914 g/mol. The predicted octanol–water partition coefficient (Wildman–Crippen LogP) is 8.10. The first-order valence-electron chi connectivity index (χ1n) is 21.3. The molecule has 2 aliphatic rings. The van der Waals surface area contributed by atoms with Crippen molar-refractivity contribution in [2.45, 2.75) is 104 Å². The van der Waals surface area contributed by atoms with E-state index in [1.165, 1.54) is 19.8 Å². The van der Waals surface area contributed by atoms with E-state index in [-0.39, 0.29) is 66.0 Å². The zero-order valence-corrected chi connectivity index (χ0v) is 39.6. The van der Waals surface area contributed by atoms with E-state index >= 15 is 0 Å². The van der Waals surface area contributed by atoms with Crippen molar-refractivity contribution in [1.29, 1.82) is 0 Å². The van der Waals surface area contributed by atoms with E-state index in [0.29, 0.717) is 30.4 Å². The van der Waals surface area contributed by atoms with Gasteiger partial charge in [0.05, 0.1) is 44.4 Å². The summed E-state index contributed by atoms with van der Waals surface area (Å²) in [6.45, 7) is 15.2. The number of imidazole rings is 2. The molecule has 4 aromatic rings. The van der Waals surface area contributed by atoms with E-state index in [2.05, 4.69) is 100 Å². The molecule has 3 unspecified atom stereocenters. The molecule has 0 bridgehead atoms. The topological polar surface area (TPSA) is 175 Å². The number of amides is 4. The van der Waals surface area contributed by atoms with Crippen LogP contribution in [-0.2, 0) is 24.5 Å². The summed E-state index contributed by atoms with van der Waals surface area (Å²) in [5.41, 5.74) is 6.14. The molecule has 4 amide bonds. The number of rotatable bonds is 10. The molecule has 64 heavy (non-hydrogen) atoms. The standard InChI is InChI=1S/C48H58N8O6.2ClH/c1-29(2)40(53-46(59)61-8)44(57)55-23-13-19-38(55)42-49-27-35(51-42)18-11-10-15-31-21-22-33(26-36(31)32-16-12-17-34(25-32)48(5,6)7)37-28-50-43(52-37)39-20-14-24-56(39)45(58)41(30(3)4)54-47(60)62-9;;/h12,16-17,21-22,25-30,38-41H,13-14,19-20,23-24H2,1-9H3,(H,49,51)(H,50,52)(H,53,59)(H,54,60);2*1H/t38?,39?,40-,41?;;/m0../s1. The van der Waals surface area contributed by atoms with Gasteiger partial charge < -0.3 is 39.9 Å². The second kappa shape index (κ2) is 22.1. The third kappa shape index (κ3) is 11.8. The Labute approximate surface area is 388 Å². The summed E-state index contributed by atoms with van der Waals surface area (Å²) < 4.78 is 9.55. The van der Waals surface area contributed by atoms with Gasteiger partial charge in [-0.15, -0.1) is 24.8 Å². The zero-order valence-electron chi connectivity index (χ0n) is 38.0. The minimum atomic E-state index is -0.721. The van der Waals surface area contributed by atoms with Crippen molar-refractivity contribution in [1.82, 2.24) is 40.4 Å². The van der Waals surface area contributed by atoms with E-state index in [1.54, 1.807) is 22.2 Å². The number of alkyl carbamates (subject to hydrolysis) is 2. The number of nitrogens with one attached hydrogen (secondary N) is 4. The summed E-state index contributed by atoms with van der Waals surface area (Å²) in [5.74, 6) is 13.1. The van der Waals surface area contributed by atoms with Crippen molar-refractivity contribution in [3.8, 4) is 46.1 Å². The highest BCUT2D eigenvalue weighted by molar-refractivity contribution is 5.87. The Morgan fingerprint density at radius 3 is 1.83 bits per heavy atom. The molecule has 16 heteroatoms. The lowest BCUT2D eigenvalue weighted by molar-refractivity contribution is -0.136. The highest BCUT2D eigenvalue weighted by Crippen LogP contribution is 2.36. The van der Waals surface area contributed by atoms with E-state index in [9.17, 15) is 19.2 Å². The molecule has 342 valence electrons. The van der Waals surface area contributed by atoms with Crippen LogP contribution in [-0.4, -0.2) is 93.1 Å². The van der Waals surface area contributed by atoms with Gasteiger partial charge in [-0.3, -0.25) is 9.59 Å². The van der Waals surface area contributed by atoms with E-state index in [0.717, 1.165) is 53.6 Å². The molecule has 2 saturated heterocycles. The molecule has 0 spiro atoms. The van der Waals surface area contributed by atoms with Crippen LogP contribution in [0.2, 0.25) is 0 Å². The fraction of sp³-hybridized carbons (Fsp3) is 0.458. The van der Waals surface area contributed by atoms with Crippen molar-refractivity contribution < 1.29 is 28.7 Å². The van der Waals surface area contributed by atoms with E-state index in [1.807, 2.05) is 39.8 Å². The first kappa shape index (κ1) is 50.7. The van der Waals surface area contributed by atoms with Crippen molar-refractivity contribution in [2.75, 3.05) is 27.3 Å². The van der Waals surface area contributed by atoms with Crippen molar-refractivity contribution in [3.05, 3.63) is 83.3 Å². The maximum Gasteiger partial charge on any atom is 0.407 e. The second-order valence-electron chi connectivity index (χ2n) is 17.5. The first-order valence-corrected chi connectivity index (χ1v) is 21.3. The molecule has 6 rings (SSSR count). The van der Waals surface area contributed by atoms with Gasteiger partial charge in [0.15, 0.2) is 0 Å². The van der Waals surface area contributed by atoms with Gasteiger partial charge in [-0.05, 0) is 89.5 Å². The highest BCUT2D eigenvalue weighted by Gasteiger charge is 2.39. The van der Waals surface area contributed by atoms with Crippen LogP contribution in [0.3, 0.4) is 0 Å². The van der Waals surface area contributed by atoms with Gasteiger partial charge in [0.1, 0.15) is 29.4 Å². The van der Waals surface area contributed by atoms with Crippen molar-refractivity contribution in [3.63, 3.8) is 0 Å². The smallest absolute Gasteiger partial charge is 0.407 e. The third-order valence-corrected chi connectivity index (χ3v) is 11.5. The number of benzene rings is 2. The van der Waals surface area contributed by atoms with Crippen LogP contribution in [0.25, 0.3) is 22.4 Å². The van der Waals surface area contributed by atoms with Crippen LogP contribution < -0.4 is 10.6 Å². The number of hydrogen-bond acceptors (Lipinski definition) is 8. The van der Waals surface area contributed by atoms with Gasteiger partial charge in [-0.1, -0.05) is 84.7 Å². The number of aromatic amines is 2. The summed E-state index contributed by atoms with van der Waals surface area (Å²) in [4.78, 5) is 71.1. The maximum atomic E-state index is 13.7. The average molecular weight is 916 g/mol.